The summed E-state index contributed by atoms with van der Waals surface area (Å²) in [7, 11) is 0. The van der Waals surface area contributed by atoms with Crippen LogP contribution >= 0.6 is 0 Å². The third-order valence-electron chi connectivity index (χ3n) is 19.0. The van der Waals surface area contributed by atoms with Crippen molar-refractivity contribution in [1.82, 2.24) is 0 Å². The summed E-state index contributed by atoms with van der Waals surface area (Å²) < 4.78 is 0. The lowest BCUT2D eigenvalue weighted by Gasteiger charge is -2.31. The molecule has 12 atom stereocenters. The van der Waals surface area contributed by atoms with Crippen molar-refractivity contribution >= 4 is 0 Å². The smallest absolute Gasteiger partial charge is 0.0622 e. The molecule has 352 valence electrons. The Morgan fingerprint density at radius 1 is 0.435 bits per heavy atom. The average Bonchev–Trinajstić information content (AvgIpc) is 3.82. The summed E-state index contributed by atoms with van der Waals surface area (Å²) in [6, 6.07) is 0. The molecular weight excluding hydrogens is 753 g/mol. The summed E-state index contributed by atoms with van der Waals surface area (Å²) in [5.74, 6) is 9.08. The summed E-state index contributed by atoms with van der Waals surface area (Å²) in [6.45, 7) is 39.8. The molecule has 0 aromatic heterocycles. The minimum Gasteiger partial charge on any atom is -0.390 e. The second-order valence-electron chi connectivity index (χ2n) is 24.5. The number of rotatable bonds is 4. The SMILES string of the molecule is C=C(C)[C@@H]1CCC(C)=C2CC[C@H](C)C2C1.C=C(C)[C@@H]1CC[C@H](C)C2=C(C1)[C@@H](C)CC2.CC1=C2CC[C@H](C)C2C[C@H](C(C)(C)O)CC1.C[C@H]1CC[C@@H](C(C)(C)O)CC2=C1CC[C@@H]2C. The van der Waals surface area contributed by atoms with Gasteiger partial charge in [-0.2, -0.15) is 0 Å². The van der Waals surface area contributed by atoms with E-state index in [0.717, 1.165) is 65.6 Å². The molecule has 0 aromatic carbocycles. The molecule has 2 N–H and O–H groups in total. The monoisotopic (exact) mass is 853 g/mol. The Kier molecular flexibility index (Phi) is 18.0. The van der Waals surface area contributed by atoms with Crippen LogP contribution in [0.1, 0.15) is 225 Å². The fourth-order valence-corrected chi connectivity index (χ4v) is 13.9. The first-order chi connectivity index (χ1) is 29.0. The molecule has 0 aliphatic heterocycles. The summed E-state index contributed by atoms with van der Waals surface area (Å²) in [5.41, 5.74) is 15.7. The lowest BCUT2D eigenvalue weighted by atomic mass is 9.79. The number of fused-ring (bicyclic) bond motifs is 2. The van der Waals surface area contributed by atoms with E-state index in [9.17, 15) is 10.2 Å². The second-order valence-corrected chi connectivity index (χ2v) is 24.5. The van der Waals surface area contributed by atoms with Crippen molar-refractivity contribution in [2.24, 2.45) is 71.0 Å². The summed E-state index contributed by atoms with van der Waals surface area (Å²) in [6.07, 6.45) is 26.2. The van der Waals surface area contributed by atoms with E-state index in [-0.39, 0.29) is 0 Å². The minimum absolute atomic E-state index is 0.461. The minimum atomic E-state index is -0.509. The first-order valence-corrected chi connectivity index (χ1v) is 26.5. The topological polar surface area (TPSA) is 40.5 Å². The molecule has 2 saturated carbocycles. The van der Waals surface area contributed by atoms with Gasteiger partial charge in [-0.05, 0) is 255 Å². The molecule has 0 saturated heterocycles. The van der Waals surface area contributed by atoms with E-state index in [2.05, 4.69) is 82.4 Å². The van der Waals surface area contributed by atoms with Crippen LogP contribution in [0.4, 0.5) is 0 Å². The zero-order chi connectivity index (χ0) is 45.8. The van der Waals surface area contributed by atoms with Crippen molar-refractivity contribution < 1.29 is 10.2 Å². The van der Waals surface area contributed by atoms with Gasteiger partial charge in [-0.3, -0.25) is 0 Å². The molecule has 0 amide bonds. The van der Waals surface area contributed by atoms with E-state index in [1.54, 1.807) is 33.4 Å². The maximum Gasteiger partial charge on any atom is 0.0622 e. The quantitative estimate of drug-likeness (QED) is 0.277. The van der Waals surface area contributed by atoms with E-state index in [0.29, 0.717) is 11.8 Å². The molecule has 0 radical (unpaired) electrons. The highest BCUT2D eigenvalue weighted by atomic mass is 16.3. The van der Waals surface area contributed by atoms with E-state index in [1.807, 2.05) is 38.8 Å². The Morgan fingerprint density at radius 3 is 1.34 bits per heavy atom. The Bertz CT molecular complexity index is 1680. The standard InChI is InChI=1S/2C15H26O.2C15H24/c2*1-10-5-7-12(15(3,4)16)9-14-11(2)6-8-13(10)14;2*1-10(2)13-7-5-11(3)14-8-6-12(4)15(14)9-13/h11-12,14,16H,5-9H2,1-4H3;10-12,16H,5-9H2,1-4H3;12-13,15H,1,5-9H2,2-4H3;11-13H,1,5-9H2,2-4H3/t11-,12+,14?;10-,11-,12+;12-,13+,15?;11-,12-,13+/m0000/s1. The van der Waals surface area contributed by atoms with Crippen LogP contribution in [0.15, 0.2) is 68.9 Å². The highest BCUT2D eigenvalue weighted by Gasteiger charge is 2.39. The summed E-state index contributed by atoms with van der Waals surface area (Å²) in [5, 5.41) is 20.5. The van der Waals surface area contributed by atoms with Gasteiger partial charge in [0.05, 0.1) is 11.2 Å². The molecule has 2 nitrogen and oxygen atoms in total. The number of aliphatic hydroxyl groups is 2. The van der Waals surface area contributed by atoms with Crippen LogP contribution in [0.2, 0.25) is 0 Å². The Balaban J connectivity index is 0.000000156. The molecule has 8 aliphatic rings. The first kappa shape index (κ1) is 51.3. The molecule has 8 rings (SSSR count). The van der Waals surface area contributed by atoms with Crippen LogP contribution in [0.25, 0.3) is 0 Å². The Morgan fingerprint density at radius 2 is 0.855 bits per heavy atom. The Labute approximate surface area is 385 Å². The van der Waals surface area contributed by atoms with Crippen LogP contribution in [0.5, 0.6) is 0 Å². The molecule has 0 aromatic rings. The van der Waals surface area contributed by atoms with Gasteiger partial charge in [0.15, 0.2) is 0 Å². The molecule has 2 heteroatoms. The van der Waals surface area contributed by atoms with Crippen LogP contribution < -0.4 is 0 Å². The van der Waals surface area contributed by atoms with Gasteiger partial charge < -0.3 is 10.2 Å². The van der Waals surface area contributed by atoms with Crippen LogP contribution in [0.3, 0.4) is 0 Å². The van der Waals surface area contributed by atoms with Gasteiger partial charge in [-0.25, -0.2) is 0 Å². The van der Waals surface area contributed by atoms with Crippen molar-refractivity contribution in [3.8, 4) is 0 Å². The van der Waals surface area contributed by atoms with E-state index in [4.69, 9.17) is 0 Å². The molecular formula is C60H100O2. The number of allylic oxidation sites excluding steroid dienone is 10. The fourth-order valence-electron chi connectivity index (χ4n) is 13.9. The van der Waals surface area contributed by atoms with Gasteiger partial charge in [-0.1, -0.05) is 110 Å². The predicted molar refractivity (Wildman–Crippen MR) is 270 cm³/mol. The van der Waals surface area contributed by atoms with E-state index < -0.39 is 11.2 Å². The van der Waals surface area contributed by atoms with Crippen molar-refractivity contribution in [1.29, 1.82) is 0 Å². The highest BCUT2D eigenvalue weighted by Crippen LogP contribution is 2.50. The predicted octanol–water partition coefficient (Wildman–Crippen LogP) is 17.3. The van der Waals surface area contributed by atoms with E-state index >= 15 is 0 Å². The zero-order valence-electron chi connectivity index (χ0n) is 43.4. The van der Waals surface area contributed by atoms with Gasteiger partial charge in [0, 0.05) is 0 Å². The zero-order valence-corrected chi connectivity index (χ0v) is 43.4. The van der Waals surface area contributed by atoms with Gasteiger partial charge in [0.2, 0.25) is 0 Å². The second kappa shape index (κ2) is 21.8. The van der Waals surface area contributed by atoms with Gasteiger partial charge in [0.25, 0.3) is 0 Å². The fraction of sp³-hybridized carbons (Fsp3) is 0.800. The van der Waals surface area contributed by atoms with Crippen molar-refractivity contribution in [3.05, 3.63) is 68.9 Å². The maximum absolute atomic E-state index is 10.2. The molecule has 0 bridgehead atoms. The van der Waals surface area contributed by atoms with Crippen molar-refractivity contribution in [3.63, 3.8) is 0 Å². The molecule has 2 fully saturated rings. The molecule has 62 heavy (non-hydrogen) atoms. The normalized spacial score (nSPS) is 36.3. The van der Waals surface area contributed by atoms with Gasteiger partial charge >= 0.3 is 0 Å². The average molecular weight is 853 g/mol. The van der Waals surface area contributed by atoms with Crippen LogP contribution in [-0.4, -0.2) is 21.4 Å². The number of hydrogen-bond acceptors (Lipinski definition) is 2. The van der Waals surface area contributed by atoms with Gasteiger partial charge in [0.1, 0.15) is 0 Å². The third-order valence-corrected chi connectivity index (χ3v) is 19.0. The Hall–Kier alpha value is -1.64. The number of hydrogen-bond donors (Lipinski definition) is 2. The molecule has 0 spiro atoms. The highest BCUT2D eigenvalue weighted by molar-refractivity contribution is 5.29. The largest absolute Gasteiger partial charge is 0.390 e. The van der Waals surface area contributed by atoms with Crippen LogP contribution in [0, 0.1) is 71.0 Å². The molecule has 8 aliphatic carbocycles. The van der Waals surface area contributed by atoms with Crippen molar-refractivity contribution in [2.75, 3.05) is 0 Å². The lowest BCUT2D eigenvalue weighted by Crippen LogP contribution is -2.32. The summed E-state index contributed by atoms with van der Waals surface area (Å²) in [4.78, 5) is 0. The third kappa shape index (κ3) is 12.8. The van der Waals surface area contributed by atoms with E-state index in [1.165, 1.54) is 133 Å². The first-order valence-electron chi connectivity index (χ1n) is 26.5. The maximum atomic E-state index is 10.2. The summed E-state index contributed by atoms with van der Waals surface area (Å²) >= 11 is 0. The lowest BCUT2D eigenvalue weighted by molar-refractivity contribution is 0.00396. The van der Waals surface area contributed by atoms with Crippen LogP contribution in [-0.2, 0) is 0 Å². The molecule has 0 heterocycles. The van der Waals surface area contributed by atoms with Crippen molar-refractivity contribution in [2.45, 2.75) is 237 Å². The van der Waals surface area contributed by atoms with Gasteiger partial charge in [-0.15, -0.1) is 0 Å². The molecule has 2 unspecified atom stereocenters.